The van der Waals surface area contributed by atoms with Crippen LogP contribution in [-0.4, -0.2) is 50.8 Å². The summed E-state index contributed by atoms with van der Waals surface area (Å²) in [6.07, 6.45) is -2.19. The number of carbonyl (C=O) groups is 1. The Kier molecular flexibility index (Phi) is 7.87. The quantitative estimate of drug-likeness (QED) is 0.394. The number of thioether (sulfide) groups is 1. The minimum Gasteiger partial charge on any atom is -0.308 e. The molecule has 0 atom stereocenters. The van der Waals surface area contributed by atoms with Gasteiger partial charge in [-0.05, 0) is 24.8 Å². The highest BCUT2D eigenvalue weighted by molar-refractivity contribution is 7.99. The number of alkyl halides is 5. The number of amides is 1. The molecule has 0 fully saturated rings. The van der Waals surface area contributed by atoms with Crippen LogP contribution >= 0.6 is 23.4 Å². The first-order valence-electron chi connectivity index (χ1n) is 8.55. The number of pyridine rings is 1. The number of hydrogen-bond donors (Lipinski definition) is 0. The van der Waals surface area contributed by atoms with Crippen LogP contribution in [0.15, 0.2) is 30.7 Å². The second-order valence-electron chi connectivity index (χ2n) is 5.91. The minimum absolute atomic E-state index is 0.0372. The Morgan fingerprint density at radius 3 is 2.59 bits per heavy atom. The molecule has 160 valence electrons. The van der Waals surface area contributed by atoms with E-state index in [1.807, 2.05) is 0 Å². The Labute approximate surface area is 173 Å². The smallest absolute Gasteiger partial charge is 0.308 e. The Balaban J connectivity index is 1.92. The number of hydrogen-bond acceptors (Lipinski definition) is 4. The lowest BCUT2D eigenvalue weighted by Gasteiger charge is -2.20. The first-order valence-corrected chi connectivity index (χ1v) is 10.1. The molecular weight excluding hydrogens is 439 g/mol. The van der Waals surface area contributed by atoms with Crippen molar-refractivity contribution in [2.45, 2.75) is 31.9 Å². The van der Waals surface area contributed by atoms with Gasteiger partial charge in [0.05, 0.1) is 18.1 Å². The summed E-state index contributed by atoms with van der Waals surface area (Å²) in [5, 5.41) is 4.24. The van der Waals surface area contributed by atoms with Gasteiger partial charge in [0.15, 0.2) is 5.15 Å². The fourth-order valence-electron chi connectivity index (χ4n) is 2.37. The zero-order valence-corrected chi connectivity index (χ0v) is 16.9. The van der Waals surface area contributed by atoms with Gasteiger partial charge >= 0.3 is 12.1 Å². The van der Waals surface area contributed by atoms with Crippen LogP contribution in [-0.2, 0) is 4.79 Å². The van der Waals surface area contributed by atoms with Crippen LogP contribution in [0.4, 0.5) is 27.6 Å². The molecule has 0 N–H and O–H groups in total. The van der Waals surface area contributed by atoms with Gasteiger partial charge in [-0.3, -0.25) is 9.78 Å². The van der Waals surface area contributed by atoms with Crippen molar-refractivity contribution in [3.63, 3.8) is 0 Å². The first-order chi connectivity index (χ1) is 13.6. The highest BCUT2D eigenvalue weighted by atomic mass is 35.5. The lowest BCUT2D eigenvalue weighted by molar-refractivity contribution is -0.282. The van der Waals surface area contributed by atoms with Crippen molar-refractivity contribution < 1.29 is 26.7 Å². The molecule has 2 aromatic heterocycles. The SMILES string of the molecule is CCN(C(=O)CCSCCC(F)(F)C(F)(F)F)c1cn(-c2cccnc2)nc1Cl. The Morgan fingerprint density at radius 1 is 1.28 bits per heavy atom. The molecule has 1 amide bonds. The molecule has 0 aromatic carbocycles. The molecule has 0 unspecified atom stereocenters. The molecule has 0 saturated carbocycles. The van der Waals surface area contributed by atoms with Gasteiger partial charge in [0.25, 0.3) is 0 Å². The van der Waals surface area contributed by atoms with Crippen molar-refractivity contribution in [1.29, 1.82) is 0 Å². The van der Waals surface area contributed by atoms with Crippen LogP contribution in [0.1, 0.15) is 19.8 Å². The Bertz CT molecular complexity index is 816. The van der Waals surface area contributed by atoms with Crippen molar-refractivity contribution in [3.05, 3.63) is 35.9 Å². The van der Waals surface area contributed by atoms with Gasteiger partial charge in [-0.1, -0.05) is 11.6 Å². The van der Waals surface area contributed by atoms with Gasteiger partial charge < -0.3 is 4.90 Å². The number of carbonyl (C=O) groups excluding carboxylic acids is 1. The normalized spacial score (nSPS) is 12.2. The average Bonchev–Trinajstić information content (AvgIpc) is 3.03. The first kappa shape index (κ1) is 23.4. The third kappa shape index (κ3) is 6.05. The van der Waals surface area contributed by atoms with Crippen LogP contribution < -0.4 is 4.90 Å². The summed E-state index contributed by atoms with van der Waals surface area (Å²) in [6, 6.07) is 3.47. The highest BCUT2D eigenvalue weighted by Gasteiger charge is 2.56. The van der Waals surface area contributed by atoms with Crippen molar-refractivity contribution in [3.8, 4) is 5.69 Å². The van der Waals surface area contributed by atoms with E-state index >= 15 is 0 Å². The van der Waals surface area contributed by atoms with Crippen LogP contribution in [0.5, 0.6) is 0 Å². The number of aromatic nitrogens is 3. The van der Waals surface area contributed by atoms with Gasteiger partial charge in [0.1, 0.15) is 5.69 Å². The summed E-state index contributed by atoms with van der Waals surface area (Å²) >= 11 is 7.01. The van der Waals surface area contributed by atoms with Gasteiger partial charge in [0.2, 0.25) is 5.91 Å². The highest BCUT2D eigenvalue weighted by Crippen LogP contribution is 2.38. The van der Waals surface area contributed by atoms with Crippen molar-refractivity contribution in [2.24, 2.45) is 0 Å². The second-order valence-corrected chi connectivity index (χ2v) is 7.50. The van der Waals surface area contributed by atoms with E-state index in [2.05, 4.69) is 10.1 Å². The van der Waals surface area contributed by atoms with Crippen molar-refractivity contribution >= 4 is 35.0 Å². The van der Waals surface area contributed by atoms with Gasteiger partial charge in [-0.15, -0.1) is 0 Å². The standard InChI is InChI=1S/C17H18ClF5N4OS/c1-2-26(13-11-27(25-15(13)18)12-4-3-7-24-10-12)14(28)5-8-29-9-6-16(19,20)17(21,22)23/h3-4,7,10-11H,2,5-6,8-9H2,1H3. The fourth-order valence-corrected chi connectivity index (χ4v) is 3.52. The zero-order chi connectivity index (χ0) is 21.7. The third-order valence-corrected chi connectivity index (χ3v) is 5.16. The molecule has 0 radical (unpaired) electrons. The second kappa shape index (κ2) is 9.75. The van der Waals surface area contributed by atoms with Crippen LogP contribution in [0.3, 0.4) is 0 Å². The molecule has 0 bridgehead atoms. The molecule has 12 heteroatoms. The summed E-state index contributed by atoms with van der Waals surface area (Å²) in [7, 11) is 0. The van der Waals surface area contributed by atoms with E-state index in [-0.39, 0.29) is 29.8 Å². The largest absolute Gasteiger partial charge is 0.453 e. The molecule has 2 aromatic rings. The van der Waals surface area contributed by atoms with E-state index in [0.29, 0.717) is 11.4 Å². The summed E-state index contributed by atoms with van der Waals surface area (Å²) in [5.74, 6) is -5.37. The predicted octanol–water partition coefficient (Wildman–Crippen LogP) is 4.98. The van der Waals surface area contributed by atoms with E-state index < -0.39 is 24.3 Å². The molecule has 0 aliphatic rings. The molecular formula is C17H18ClF5N4OS. The number of rotatable bonds is 9. The minimum atomic E-state index is -5.56. The zero-order valence-electron chi connectivity index (χ0n) is 15.3. The lowest BCUT2D eigenvalue weighted by atomic mass is 10.2. The maximum absolute atomic E-state index is 12.9. The molecule has 2 heterocycles. The molecule has 0 saturated heterocycles. The Hall–Kier alpha value is -1.88. The van der Waals surface area contributed by atoms with E-state index in [4.69, 9.17) is 11.6 Å². The van der Waals surface area contributed by atoms with Crippen molar-refractivity contribution in [2.75, 3.05) is 23.0 Å². The lowest BCUT2D eigenvalue weighted by Crippen LogP contribution is -2.36. The molecule has 2 rings (SSSR count). The van der Waals surface area contributed by atoms with Crippen LogP contribution in [0.25, 0.3) is 5.69 Å². The van der Waals surface area contributed by atoms with Gasteiger partial charge in [-0.25, -0.2) is 4.68 Å². The molecule has 5 nitrogen and oxygen atoms in total. The third-order valence-electron chi connectivity index (χ3n) is 3.91. The molecule has 0 aliphatic heterocycles. The average molecular weight is 457 g/mol. The van der Waals surface area contributed by atoms with E-state index in [9.17, 15) is 26.7 Å². The Morgan fingerprint density at radius 2 is 2.00 bits per heavy atom. The summed E-state index contributed by atoms with van der Waals surface area (Å²) in [4.78, 5) is 17.8. The van der Waals surface area contributed by atoms with Gasteiger partial charge in [0, 0.05) is 31.3 Å². The molecule has 0 spiro atoms. The number of anilines is 1. The van der Waals surface area contributed by atoms with Crippen LogP contribution in [0.2, 0.25) is 5.15 Å². The maximum Gasteiger partial charge on any atom is 0.453 e. The van der Waals surface area contributed by atoms with E-state index in [0.717, 1.165) is 11.8 Å². The number of nitrogens with zero attached hydrogens (tertiary/aromatic N) is 4. The summed E-state index contributed by atoms with van der Waals surface area (Å²) in [5.41, 5.74) is 1.02. The van der Waals surface area contributed by atoms with Gasteiger partial charge in [-0.2, -0.15) is 38.8 Å². The van der Waals surface area contributed by atoms with E-state index in [1.165, 1.54) is 9.58 Å². The number of halogens is 6. The maximum atomic E-state index is 12.9. The van der Waals surface area contributed by atoms with Crippen LogP contribution in [0, 0.1) is 0 Å². The fraction of sp³-hybridized carbons (Fsp3) is 0.471. The summed E-state index contributed by atoms with van der Waals surface area (Å²) < 4.78 is 63.6. The topological polar surface area (TPSA) is 51.0 Å². The van der Waals surface area contributed by atoms with Crippen molar-refractivity contribution in [1.82, 2.24) is 14.8 Å². The molecule has 0 aliphatic carbocycles. The monoisotopic (exact) mass is 456 g/mol. The summed E-state index contributed by atoms with van der Waals surface area (Å²) in [6.45, 7) is 2.01. The van der Waals surface area contributed by atoms with E-state index in [1.54, 1.807) is 37.6 Å². The predicted molar refractivity (Wildman–Crippen MR) is 102 cm³/mol. The molecule has 29 heavy (non-hydrogen) atoms.